The third-order valence-corrected chi connectivity index (χ3v) is 5.40. The molecule has 22 heavy (non-hydrogen) atoms. The first-order chi connectivity index (χ1) is 10.2. The van der Waals surface area contributed by atoms with Crippen LogP contribution in [0.25, 0.3) is 0 Å². The van der Waals surface area contributed by atoms with Crippen LogP contribution < -0.4 is 0 Å². The molecule has 0 radical (unpaired) electrons. The molecule has 0 unspecified atom stereocenters. The molecular weight excluding hydrogens is 282 g/mol. The number of amides is 3. The van der Waals surface area contributed by atoms with E-state index >= 15 is 0 Å². The Bertz CT molecular complexity index is 474. The van der Waals surface area contributed by atoms with Gasteiger partial charge in [0, 0.05) is 31.7 Å². The van der Waals surface area contributed by atoms with Crippen molar-refractivity contribution in [3.8, 4) is 0 Å². The molecule has 3 aliphatic rings. The van der Waals surface area contributed by atoms with E-state index in [1.54, 1.807) is 0 Å². The van der Waals surface area contributed by atoms with Crippen molar-refractivity contribution in [3.05, 3.63) is 0 Å². The van der Waals surface area contributed by atoms with Gasteiger partial charge in [-0.2, -0.15) is 0 Å². The van der Waals surface area contributed by atoms with Gasteiger partial charge in [-0.1, -0.05) is 0 Å². The molecular formula is C16H27N3O3. The lowest BCUT2D eigenvalue weighted by Gasteiger charge is -2.43. The molecule has 0 aromatic rings. The van der Waals surface area contributed by atoms with E-state index in [1.165, 1.54) is 17.7 Å². The number of hydrogen-bond donors (Lipinski definition) is 1. The van der Waals surface area contributed by atoms with Crippen molar-refractivity contribution < 1.29 is 14.7 Å². The molecule has 3 fully saturated rings. The molecule has 3 amide bonds. The Hall–Kier alpha value is -1.46. The Morgan fingerprint density at radius 3 is 2.32 bits per heavy atom. The topological polar surface area (TPSA) is 64.1 Å². The fourth-order valence-corrected chi connectivity index (χ4v) is 3.69. The molecule has 6 heteroatoms. The second-order valence-corrected chi connectivity index (χ2v) is 8.09. The Labute approximate surface area is 132 Å². The molecule has 0 bridgehead atoms. The van der Waals surface area contributed by atoms with Crippen LogP contribution in [-0.4, -0.2) is 69.2 Å². The minimum Gasteiger partial charge on any atom is -0.465 e. The van der Waals surface area contributed by atoms with Crippen LogP contribution in [-0.2, 0) is 0 Å². The van der Waals surface area contributed by atoms with Gasteiger partial charge in [-0.25, -0.2) is 9.59 Å². The summed E-state index contributed by atoms with van der Waals surface area (Å²) in [4.78, 5) is 29.6. The van der Waals surface area contributed by atoms with Crippen molar-refractivity contribution >= 4 is 12.1 Å². The lowest BCUT2D eigenvalue weighted by Crippen LogP contribution is -2.55. The van der Waals surface area contributed by atoms with Gasteiger partial charge in [0.05, 0.1) is 5.54 Å². The first kappa shape index (κ1) is 15.4. The summed E-state index contributed by atoms with van der Waals surface area (Å²) in [6.07, 6.45) is 3.10. The number of nitrogens with zero attached hydrogens (tertiary/aromatic N) is 3. The van der Waals surface area contributed by atoms with Gasteiger partial charge in [0.15, 0.2) is 0 Å². The Balaban J connectivity index is 1.81. The van der Waals surface area contributed by atoms with Crippen molar-refractivity contribution in [3.63, 3.8) is 0 Å². The largest absolute Gasteiger partial charge is 0.465 e. The van der Waals surface area contributed by atoms with Gasteiger partial charge in [-0.15, -0.1) is 0 Å². The highest BCUT2D eigenvalue weighted by Gasteiger charge is 2.54. The number of carboxylic acid groups (broad SMARTS) is 1. The Morgan fingerprint density at radius 2 is 1.86 bits per heavy atom. The van der Waals surface area contributed by atoms with Crippen LogP contribution in [0.15, 0.2) is 0 Å². The average Bonchev–Trinajstić information content (AvgIpc) is 3.20. The van der Waals surface area contributed by atoms with Crippen LogP contribution >= 0.6 is 0 Å². The van der Waals surface area contributed by atoms with Crippen LogP contribution in [0.2, 0.25) is 0 Å². The fourth-order valence-electron chi connectivity index (χ4n) is 3.69. The van der Waals surface area contributed by atoms with Gasteiger partial charge in [-0.05, 0) is 52.4 Å². The second kappa shape index (κ2) is 5.03. The number of hydrogen-bond acceptors (Lipinski definition) is 2. The van der Waals surface area contributed by atoms with Crippen LogP contribution in [0.5, 0.6) is 0 Å². The number of rotatable bonds is 2. The summed E-state index contributed by atoms with van der Waals surface area (Å²) in [7, 11) is 0. The van der Waals surface area contributed by atoms with E-state index in [1.807, 2.05) is 4.90 Å². The van der Waals surface area contributed by atoms with Gasteiger partial charge in [-0.3, -0.25) is 0 Å². The molecule has 0 aromatic carbocycles. The van der Waals surface area contributed by atoms with Gasteiger partial charge in [0.2, 0.25) is 0 Å². The number of piperidine rings is 1. The number of likely N-dealkylation sites (tertiary alicyclic amines) is 1. The van der Waals surface area contributed by atoms with E-state index in [9.17, 15) is 9.59 Å². The summed E-state index contributed by atoms with van der Waals surface area (Å²) in [5.41, 5.74) is -0.356. The zero-order valence-electron chi connectivity index (χ0n) is 13.8. The number of carbonyl (C=O) groups excluding carboxylic acids is 1. The summed E-state index contributed by atoms with van der Waals surface area (Å²) in [5.74, 6) is 0.651. The van der Waals surface area contributed by atoms with Gasteiger partial charge >= 0.3 is 12.1 Å². The minimum atomic E-state index is -0.847. The first-order valence-electron chi connectivity index (χ1n) is 8.30. The standard InChI is InChI=1S/C16H27N3O3/c1-15(2,3)19-11-16(6-8-17(9-7-16)14(21)22)18(13(19)20)10-12-4-5-12/h12H,4-11H2,1-3H3,(H,21,22). The smallest absolute Gasteiger partial charge is 0.407 e. The van der Waals surface area contributed by atoms with Crippen LogP contribution in [0.3, 0.4) is 0 Å². The maximum absolute atomic E-state index is 12.9. The van der Waals surface area contributed by atoms with E-state index in [2.05, 4.69) is 25.7 Å². The highest BCUT2D eigenvalue weighted by Crippen LogP contribution is 2.42. The third-order valence-electron chi connectivity index (χ3n) is 5.40. The van der Waals surface area contributed by atoms with Crippen LogP contribution in [0, 0.1) is 5.92 Å². The van der Waals surface area contributed by atoms with E-state index < -0.39 is 6.09 Å². The van der Waals surface area contributed by atoms with Crippen molar-refractivity contribution in [1.29, 1.82) is 0 Å². The lowest BCUT2D eigenvalue weighted by atomic mass is 9.86. The molecule has 1 spiro atoms. The van der Waals surface area contributed by atoms with E-state index in [0.29, 0.717) is 19.0 Å². The summed E-state index contributed by atoms with van der Waals surface area (Å²) < 4.78 is 0. The summed E-state index contributed by atoms with van der Waals surface area (Å²) in [6, 6.07) is 0.142. The molecule has 2 saturated heterocycles. The third kappa shape index (κ3) is 2.63. The highest BCUT2D eigenvalue weighted by atomic mass is 16.4. The van der Waals surface area contributed by atoms with Gasteiger partial charge in [0.25, 0.3) is 0 Å². The SMILES string of the molecule is CC(C)(C)N1CC2(CCN(C(=O)O)CC2)N(CC2CC2)C1=O. The van der Waals surface area contributed by atoms with Crippen molar-refractivity contribution in [1.82, 2.24) is 14.7 Å². The first-order valence-corrected chi connectivity index (χ1v) is 8.30. The molecule has 2 heterocycles. The van der Waals surface area contributed by atoms with Crippen molar-refractivity contribution in [2.75, 3.05) is 26.2 Å². The maximum atomic E-state index is 12.9. The zero-order chi connectivity index (χ0) is 16.1. The normalized spacial score (nSPS) is 25.2. The second-order valence-electron chi connectivity index (χ2n) is 8.09. The zero-order valence-corrected chi connectivity index (χ0v) is 13.8. The number of urea groups is 1. The van der Waals surface area contributed by atoms with Crippen molar-refractivity contribution in [2.24, 2.45) is 5.92 Å². The number of carbonyl (C=O) groups is 2. The molecule has 1 saturated carbocycles. The predicted octanol–water partition coefficient (Wildman–Crippen LogP) is 2.45. The average molecular weight is 309 g/mol. The summed E-state index contributed by atoms with van der Waals surface area (Å²) in [5, 5.41) is 9.16. The van der Waals surface area contributed by atoms with Crippen LogP contribution in [0.1, 0.15) is 46.5 Å². The van der Waals surface area contributed by atoms with E-state index in [4.69, 9.17) is 5.11 Å². The lowest BCUT2D eigenvalue weighted by molar-refractivity contribution is 0.0673. The molecule has 1 N–H and O–H groups in total. The fraction of sp³-hybridized carbons (Fsp3) is 0.875. The quantitative estimate of drug-likeness (QED) is 0.852. The minimum absolute atomic E-state index is 0.142. The van der Waals surface area contributed by atoms with E-state index in [0.717, 1.165) is 25.9 Å². The Morgan fingerprint density at radius 1 is 1.27 bits per heavy atom. The van der Waals surface area contributed by atoms with Gasteiger partial charge < -0.3 is 19.8 Å². The monoisotopic (exact) mass is 309 g/mol. The maximum Gasteiger partial charge on any atom is 0.407 e. The molecule has 0 atom stereocenters. The predicted molar refractivity (Wildman–Crippen MR) is 82.8 cm³/mol. The molecule has 2 aliphatic heterocycles. The molecule has 6 nitrogen and oxygen atoms in total. The summed E-state index contributed by atoms with van der Waals surface area (Å²) in [6.45, 7) is 8.86. The highest BCUT2D eigenvalue weighted by molar-refractivity contribution is 5.79. The molecule has 3 rings (SSSR count). The van der Waals surface area contributed by atoms with Crippen molar-refractivity contribution in [2.45, 2.75) is 57.5 Å². The summed E-state index contributed by atoms with van der Waals surface area (Å²) >= 11 is 0. The molecule has 0 aromatic heterocycles. The van der Waals surface area contributed by atoms with Crippen LogP contribution in [0.4, 0.5) is 9.59 Å². The molecule has 124 valence electrons. The molecule has 1 aliphatic carbocycles. The Kier molecular flexibility index (Phi) is 3.53. The van der Waals surface area contributed by atoms with Gasteiger partial charge in [0.1, 0.15) is 0 Å². The van der Waals surface area contributed by atoms with E-state index in [-0.39, 0.29) is 17.1 Å².